The minimum absolute atomic E-state index is 0.162. The molecule has 98 valence electrons. The van der Waals surface area contributed by atoms with E-state index in [9.17, 15) is 4.79 Å². The van der Waals surface area contributed by atoms with Crippen LogP contribution in [0.3, 0.4) is 0 Å². The number of fused-ring (bicyclic) bond motifs is 1. The highest BCUT2D eigenvalue weighted by molar-refractivity contribution is 9.10. The Hall–Kier alpha value is -1.31. The molecule has 3 rings (SSSR count). The number of hydrogen-bond donors (Lipinski definition) is 2. The number of benzene rings is 1. The average molecular weight is 339 g/mol. The van der Waals surface area contributed by atoms with E-state index in [1.54, 1.807) is 22.6 Å². The lowest BCUT2D eigenvalue weighted by Crippen LogP contribution is -2.19. The summed E-state index contributed by atoms with van der Waals surface area (Å²) in [6, 6.07) is 3.25. The predicted molar refractivity (Wildman–Crippen MR) is 77.0 cm³/mol. The Labute approximate surface area is 122 Å². The van der Waals surface area contributed by atoms with Gasteiger partial charge in [-0.2, -0.15) is 5.10 Å². The zero-order valence-corrected chi connectivity index (χ0v) is 12.5. The maximum atomic E-state index is 11.5. The number of carbonyl (C=O) groups excluding carboxylic acids is 1. The van der Waals surface area contributed by atoms with Gasteiger partial charge in [-0.1, -0.05) is 11.8 Å². The van der Waals surface area contributed by atoms with Gasteiger partial charge in [0.15, 0.2) is 0 Å². The molecule has 1 aromatic carbocycles. The largest absolute Gasteiger partial charge is 0.324 e. The number of aryl methyl sites for hydroxylation is 1. The van der Waals surface area contributed by atoms with Crippen LogP contribution in [0.5, 0.6) is 0 Å². The van der Waals surface area contributed by atoms with E-state index in [-0.39, 0.29) is 5.91 Å². The fourth-order valence-corrected chi connectivity index (χ4v) is 3.44. The van der Waals surface area contributed by atoms with Crippen molar-refractivity contribution in [2.45, 2.75) is 15.8 Å². The molecule has 2 aromatic rings. The molecule has 5 nitrogen and oxygen atoms in total. The van der Waals surface area contributed by atoms with E-state index in [0.29, 0.717) is 0 Å². The molecular formula is C12H11BrN4OS. The molecule has 0 fully saturated rings. The first kappa shape index (κ1) is 12.7. The van der Waals surface area contributed by atoms with E-state index in [4.69, 9.17) is 5.73 Å². The van der Waals surface area contributed by atoms with Crippen LogP contribution in [0.1, 0.15) is 11.6 Å². The summed E-state index contributed by atoms with van der Waals surface area (Å²) in [6.45, 7) is 0. The summed E-state index contributed by atoms with van der Waals surface area (Å²) in [5, 5.41) is 6.92. The second kappa shape index (κ2) is 4.66. The highest BCUT2D eigenvalue weighted by Crippen LogP contribution is 2.40. The number of anilines is 1. The van der Waals surface area contributed by atoms with Crippen LogP contribution >= 0.6 is 27.7 Å². The Morgan fingerprint density at radius 1 is 1.53 bits per heavy atom. The monoisotopic (exact) mass is 338 g/mol. The molecule has 0 bridgehead atoms. The van der Waals surface area contributed by atoms with Crippen LogP contribution in [-0.2, 0) is 11.8 Å². The van der Waals surface area contributed by atoms with E-state index >= 15 is 0 Å². The summed E-state index contributed by atoms with van der Waals surface area (Å²) in [6.07, 6.45) is 3.74. The lowest BCUT2D eigenvalue weighted by atomic mass is 10.1. The molecule has 1 atom stereocenters. The maximum Gasteiger partial charge on any atom is 0.245 e. The van der Waals surface area contributed by atoms with E-state index in [1.165, 1.54) is 0 Å². The molecule has 19 heavy (non-hydrogen) atoms. The van der Waals surface area contributed by atoms with E-state index in [1.807, 2.05) is 25.4 Å². The number of carbonyl (C=O) groups is 1. The molecule has 1 aromatic heterocycles. The summed E-state index contributed by atoms with van der Waals surface area (Å²) < 4.78 is 2.67. The topological polar surface area (TPSA) is 72.9 Å². The third-order valence-corrected chi connectivity index (χ3v) is 4.81. The van der Waals surface area contributed by atoms with Gasteiger partial charge in [0.1, 0.15) is 6.04 Å². The van der Waals surface area contributed by atoms with Gasteiger partial charge in [-0.05, 0) is 28.1 Å². The molecule has 1 aliphatic rings. The molecule has 1 unspecified atom stereocenters. The number of rotatable bonds is 2. The molecule has 0 radical (unpaired) electrons. The fraction of sp³-hybridized carbons (Fsp3) is 0.167. The van der Waals surface area contributed by atoms with E-state index in [0.717, 1.165) is 25.5 Å². The smallest absolute Gasteiger partial charge is 0.245 e. The summed E-state index contributed by atoms with van der Waals surface area (Å²) in [5.74, 6) is -0.162. The summed E-state index contributed by atoms with van der Waals surface area (Å²) in [4.78, 5) is 13.6. The zero-order chi connectivity index (χ0) is 13.6. The molecule has 3 N–H and O–H groups in total. The number of nitrogens with zero attached hydrogens (tertiary/aromatic N) is 2. The molecule has 1 amide bonds. The molecule has 7 heteroatoms. The van der Waals surface area contributed by atoms with Crippen molar-refractivity contribution in [2.75, 3.05) is 5.32 Å². The van der Waals surface area contributed by atoms with Crippen LogP contribution in [0.4, 0.5) is 5.69 Å². The summed E-state index contributed by atoms with van der Waals surface area (Å²) in [5.41, 5.74) is 7.42. The van der Waals surface area contributed by atoms with Crippen molar-refractivity contribution in [2.24, 2.45) is 12.8 Å². The Balaban J connectivity index is 1.96. The van der Waals surface area contributed by atoms with Gasteiger partial charge in [0.05, 0.1) is 11.1 Å². The van der Waals surface area contributed by atoms with E-state index in [2.05, 4.69) is 26.3 Å². The van der Waals surface area contributed by atoms with Crippen molar-refractivity contribution in [3.63, 3.8) is 0 Å². The molecular weight excluding hydrogens is 328 g/mol. The van der Waals surface area contributed by atoms with Crippen LogP contribution in [0.25, 0.3) is 0 Å². The van der Waals surface area contributed by atoms with Crippen molar-refractivity contribution in [1.82, 2.24) is 9.78 Å². The van der Waals surface area contributed by atoms with Gasteiger partial charge in [0.25, 0.3) is 0 Å². The lowest BCUT2D eigenvalue weighted by molar-refractivity contribution is -0.116. The number of amides is 1. The fourth-order valence-electron chi connectivity index (χ4n) is 1.94. The first-order chi connectivity index (χ1) is 9.04. The van der Waals surface area contributed by atoms with Crippen molar-refractivity contribution in [3.05, 3.63) is 34.6 Å². The second-order valence-electron chi connectivity index (χ2n) is 4.29. The number of nitrogens with two attached hydrogens (primary N) is 1. The van der Waals surface area contributed by atoms with Crippen molar-refractivity contribution in [1.29, 1.82) is 0 Å². The number of aromatic nitrogens is 2. The van der Waals surface area contributed by atoms with Gasteiger partial charge >= 0.3 is 0 Å². The van der Waals surface area contributed by atoms with Gasteiger partial charge in [0, 0.05) is 33.9 Å². The zero-order valence-electron chi connectivity index (χ0n) is 10.1. The molecule has 0 aliphatic carbocycles. The van der Waals surface area contributed by atoms with Gasteiger partial charge in [0.2, 0.25) is 5.91 Å². The Kier molecular flexibility index (Phi) is 3.12. The van der Waals surface area contributed by atoms with E-state index < -0.39 is 6.04 Å². The molecule has 2 heterocycles. The first-order valence-corrected chi connectivity index (χ1v) is 7.22. The van der Waals surface area contributed by atoms with Crippen LogP contribution in [0.15, 0.2) is 38.8 Å². The quantitative estimate of drug-likeness (QED) is 0.881. The molecule has 0 saturated carbocycles. The third kappa shape index (κ3) is 2.29. The van der Waals surface area contributed by atoms with Gasteiger partial charge in [-0.25, -0.2) is 0 Å². The maximum absolute atomic E-state index is 11.5. The van der Waals surface area contributed by atoms with Crippen molar-refractivity contribution in [3.8, 4) is 0 Å². The molecule has 1 aliphatic heterocycles. The number of halogens is 1. The van der Waals surface area contributed by atoms with Crippen LogP contribution < -0.4 is 11.1 Å². The van der Waals surface area contributed by atoms with Gasteiger partial charge < -0.3 is 11.1 Å². The van der Waals surface area contributed by atoms with Crippen molar-refractivity contribution < 1.29 is 4.79 Å². The summed E-state index contributed by atoms with van der Waals surface area (Å²) in [7, 11) is 1.88. The normalized spacial score (nSPS) is 17.4. The second-order valence-corrected chi connectivity index (χ2v) is 6.26. The minimum atomic E-state index is -0.580. The first-order valence-electron chi connectivity index (χ1n) is 5.61. The van der Waals surface area contributed by atoms with Crippen LogP contribution in [-0.4, -0.2) is 15.7 Å². The Morgan fingerprint density at radius 2 is 2.32 bits per heavy atom. The highest BCUT2D eigenvalue weighted by atomic mass is 79.9. The number of hydrogen-bond acceptors (Lipinski definition) is 4. The lowest BCUT2D eigenvalue weighted by Gasteiger charge is -2.07. The Bertz CT molecular complexity index is 670. The van der Waals surface area contributed by atoms with Crippen LogP contribution in [0.2, 0.25) is 0 Å². The predicted octanol–water partition coefficient (Wildman–Crippen LogP) is 2.29. The molecule has 0 saturated heterocycles. The number of nitrogens with one attached hydrogen (secondary N) is 1. The summed E-state index contributed by atoms with van der Waals surface area (Å²) >= 11 is 5.10. The minimum Gasteiger partial charge on any atom is -0.324 e. The third-order valence-electron chi connectivity index (χ3n) is 2.89. The SMILES string of the molecule is Cn1cc(Sc2cc3c(cc2Br)C(N)C(=O)N3)cn1. The molecule has 0 spiro atoms. The van der Waals surface area contributed by atoms with Crippen molar-refractivity contribution >= 4 is 39.3 Å². The van der Waals surface area contributed by atoms with Gasteiger partial charge in [-0.15, -0.1) is 0 Å². The highest BCUT2D eigenvalue weighted by Gasteiger charge is 2.28. The van der Waals surface area contributed by atoms with Gasteiger partial charge in [-0.3, -0.25) is 9.48 Å². The average Bonchev–Trinajstić information content (AvgIpc) is 2.87. The standard InChI is InChI=1S/C12H11BrN4OS/c1-17-5-6(4-15-17)19-10-3-9-7(2-8(10)13)11(14)12(18)16-9/h2-5,11H,14H2,1H3,(H,16,18). The Morgan fingerprint density at radius 3 is 3.00 bits per heavy atom. The van der Waals surface area contributed by atoms with Crippen LogP contribution in [0, 0.1) is 0 Å².